The van der Waals surface area contributed by atoms with E-state index in [0.29, 0.717) is 34.4 Å². The van der Waals surface area contributed by atoms with E-state index in [-0.39, 0.29) is 5.75 Å². The standard InChI is InChI=1S/C25H21F3N2O2/c1-14-13-19(9-10-20(14)32-25(26,27)28)21-11-12-22(31-21)24-29-15(2)23(30-24)18-7-5-17(6-8-18)16-3-4-16/h5-13,16H,3-4H2,1-2H3,(H,29,30). The molecule has 164 valence electrons. The number of hydrogen-bond donors (Lipinski definition) is 1. The van der Waals surface area contributed by atoms with Crippen LogP contribution in [0.5, 0.6) is 5.75 Å². The number of aryl methyl sites for hydroxylation is 2. The number of aromatic nitrogens is 2. The van der Waals surface area contributed by atoms with Crippen LogP contribution < -0.4 is 4.74 Å². The molecule has 5 rings (SSSR count). The van der Waals surface area contributed by atoms with E-state index in [1.807, 2.05) is 6.92 Å². The molecular formula is C25H21F3N2O2. The summed E-state index contributed by atoms with van der Waals surface area (Å²) in [6.45, 7) is 3.53. The van der Waals surface area contributed by atoms with Crippen molar-refractivity contribution in [3.05, 3.63) is 71.4 Å². The largest absolute Gasteiger partial charge is 0.573 e. The third-order valence-corrected chi connectivity index (χ3v) is 5.64. The zero-order chi connectivity index (χ0) is 22.5. The van der Waals surface area contributed by atoms with Gasteiger partial charge in [-0.2, -0.15) is 0 Å². The van der Waals surface area contributed by atoms with E-state index < -0.39 is 6.36 Å². The minimum absolute atomic E-state index is 0.230. The first kappa shape index (κ1) is 20.4. The number of benzene rings is 2. The van der Waals surface area contributed by atoms with Crippen molar-refractivity contribution in [2.24, 2.45) is 0 Å². The summed E-state index contributed by atoms with van der Waals surface area (Å²) in [4.78, 5) is 8.00. The minimum atomic E-state index is -4.72. The van der Waals surface area contributed by atoms with Gasteiger partial charge in [-0.05, 0) is 74.1 Å². The summed E-state index contributed by atoms with van der Waals surface area (Å²) in [5.74, 6) is 2.17. The smallest absolute Gasteiger partial charge is 0.453 e. The Hall–Kier alpha value is -3.48. The normalized spacial score (nSPS) is 14.0. The number of rotatable bonds is 5. The molecule has 0 aliphatic heterocycles. The molecular weight excluding hydrogens is 417 g/mol. The van der Waals surface area contributed by atoms with Gasteiger partial charge in [-0.1, -0.05) is 24.3 Å². The van der Waals surface area contributed by atoms with Crippen LogP contribution in [0.1, 0.15) is 35.6 Å². The molecule has 1 fully saturated rings. The molecule has 4 aromatic rings. The number of imidazole rings is 1. The lowest BCUT2D eigenvalue weighted by molar-refractivity contribution is -0.274. The molecule has 2 heterocycles. The molecule has 1 aliphatic carbocycles. The monoisotopic (exact) mass is 438 g/mol. The maximum atomic E-state index is 12.5. The van der Waals surface area contributed by atoms with Crippen LogP contribution in [0.25, 0.3) is 34.2 Å². The molecule has 0 bridgehead atoms. The Bertz CT molecular complexity index is 1270. The van der Waals surface area contributed by atoms with Gasteiger partial charge in [-0.25, -0.2) is 4.98 Å². The summed E-state index contributed by atoms with van der Waals surface area (Å²) in [5, 5.41) is 0. The Morgan fingerprint density at radius 1 is 0.938 bits per heavy atom. The van der Waals surface area contributed by atoms with E-state index in [9.17, 15) is 13.2 Å². The summed E-state index contributed by atoms with van der Waals surface area (Å²) < 4.78 is 47.5. The lowest BCUT2D eigenvalue weighted by Crippen LogP contribution is -2.17. The fourth-order valence-corrected chi connectivity index (χ4v) is 3.85. The Morgan fingerprint density at radius 3 is 2.28 bits per heavy atom. The predicted molar refractivity (Wildman–Crippen MR) is 115 cm³/mol. The zero-order valence-corrected chi connectivity index (χ0v) is 17.6. The van der Waals surface area contributed by atoms with Gasteiger partial charge in [0.25, 0.3) is 0 Å². The van der Waals surface area contributed by atoms with Gasteiger partial charge in [-0.3, -0.25) is 0 Å². The third-order valence-electron chi connectivity index (χ3n) is 5.64. The molecule has 32 heavy (non-hydrogen) atoms. The second-order valence-electron chi connectivity index (χ2n) is 8.15. The van der Waals surface area contributed by atoms with Crippen molar-refractivity contribution >= 4 is 0 Å². The number of alkyl halides is 3. The Morgan fingerprint density at radius 2 is 1.62 bits per heavy atom. The highest BCUT2D eigenvalue weighted by Crippen LogP contribution is 2.40. The highest BCUT2D eigenvalue weighted by molar-refractivity contribution is 5.68. The second kappa shape index (κ2) is 7.58. The molecule has 4 nitrogen and oxygen atoms in total. The van der Waals surface area contributed by atoms with Crippen LogP contribution in [-0.4, -0.2) is 16.3 Å². The predicted octanol–water partition coefficient (Wildman–Crippen LogP) is 7.40. The van der Waals surface area contributed by atoms with Crippen molar-refractivity contribution in [2.75, 3.05) is 0 Å². The molecule has 2 aromatic carbocycles. The highest BCUT2D eigenvalue weighted by atomic mass is 19.4. The highest BCUT2D eigenvalue weighted by Gasteiger charge is 2.31. The Labute approximate surface area is 183 Å². The third kappa shape index (κ3) is 4.15. The van der Waals surface area contributed by atoms with Gasteiger partial charge < -0.3 is 14.1 Å². The van der Waals surface area contributed by atoms with Crippen molar-refractivity contribution in [1.29, 1.82) is 0 Å². The summed E-state index contributed by atoms with van der Waals surface area (Å²) in [7, 11) is 0. The molecule has 2 aromatic heterocycles. The molecule has 1 saturated carbocycles. The Kier molecular flexibility index (Phi) is 4.84. The molecule has 0 unspecified atom stereocenters. The van der Waals surface area contributed by atoms with Crippen molar-refractivity contribution < 1.29 is 22.3 Å². The van der Waals surface area contributed by atoms with Gasteiger partial charge in [-0.15, -0.1) is 13.2 Å². The second-order valence-corrected chi connectivity index (χ2v) is 8.15. The van der Waals surface area contributed by atoms with E-state index in [4.69, 9.17) is 9.40 Å². The van der Waals surface area contributed by atoms with Gasteiger partial charge in [0.05, 0.1) is 5.69 Å². The SMILES string of the molecule is Cc1cc(-c2ccc(-c3nc(-c4ccc(C5CC5)cc4)c(C)[nH]3)o2)ccc1OC(F)(F)F. The molecule has 0 atom stereocenters. The van der Waals surface area contributed by atoms with Crippen molar-refractivity contribution in [1.82, 2.24) is 9.97 Å². The quantitative estimate of drug-likeness (QED) is 0.353. The first-order chi connectivity index (χ1) is 15.3. The first-order valence-electron chi connectivity index (χ1n) is 10.4. The molecule has 1 aliphatic rings. The fourth-order valence-electron chi connectivity index (χ4n) is 3.85. The van der Waals surface area contributed by atoms with Crippen LogP contribution in [-0.2, 0) is 0 Å². The van der Waals surface area contributed by atoms with Crippen LogP contribution in [0.15, 0.2) is 59.0 Å². The van der Waals surface area contributed by atoms with E-state index in [1.165, 1.54) is 30.5 Å². The molecule has 0 saturated heterocycles. The minimum Gasteiger partial charge on any atom is -0.453 e. The van der Waals surface area contributed by atoms with E-state index >= 15 is 0 Å². The number of halogens is 3. The van der Waals surface area contributed by atoms with Gasteiger partial charge in [0.1, 0.15) is 11.5 Å². The maximum absolute atomic E-state index is 12.5. The summed E-state index contributed by atoms with van der Waals surface area (Å²) >= 11 is 0. The number of ether oxygens (including phenoxy) is 1. The van der Waals surface area contributed by atoms with Gasteiger partial charge in [0.2, 0.25) is 0 Å². The van der Waals surface area contributed by atoms with Crippen LogP contribution in [0.2, 0.25) is 0 Å². The van der Waals surface area contributed by atoms with Crippen LogP contribution in [0, 0.1) is 13.8 Å². The summed E-state index contributed by atoms with van der Waals surface area (Å²) in [6, 6.07) is 16.5. The number of H-pyrrole nitrogens is 1. The van der Waals surface area contributed by atoms with Gasteiger partial charge in [0.15, 0.2) is 11.6 Å². The maximum Gasteiger partial charge on any atom is 0.573 e. The Balaban J connectivity index is 1.39. The van der Waals surface area contributed by atoms with Gasteiger partial charge in [0, 0.05) is 16.8 Å². The lowest BCUT2D eigenvalue weighted by atomic mass is 10.1. The molecule has 7 heteroatoms. The number of hydrogen-bond acceptors (Lipinski definition) is 3. The van der Waals surface area contributed by atoms with E-state index in [2.05, 4.69) is 34.0 Å². The number of nitrogens with one attached hydrogen (secondary N) is 1. The van der Waals surface area contributed by atoms with Crippen LogP contribution in [0.4, 0.5) is 13.2 Å². The fraction of sp³-hybridized carbons (Fsp3) is 0.240. The number of furan rings is 1. The first-order valence-corrected chi connectivity index (χ1v) is 10.4. The van der Waals surface area contributed by atoms with E-state index in [0.717, 1.165) is 17.0 Å². The summed E-state index contributed by atoms with van der Waals surface area (Å²) in [6.07, 6.45) is -2.19. The van der Waals surface area contributed by atoms with Crippen LogP contribution >= 0.6 is 0 Å². The zero-order valence-electron chi connectivity index (χ0n) is 17.6. The number of aromatic amines is 1. The molecule has 1 N–H and O–H groups in total. The summed E-state index contributed by atoms with van der Waals surface area (Å²) in [5.41, 5.74) is 5.23. The van der Waals surface area contributed by atoms with Crippen molar-refractivity contribution in [3.8, 4) is 39.9 Å². The van der Waals surface area contributed by atoms with Crippen molar-refractivity contribution in [2.45, 2.75) is 39.0 Å². The van der Waals surface area contributed by atoms with Crippen molar-refractivity contribution in [3.63, 3.8) is 0 Å². The lowest BCUT2D eigenvalue weighted by Gasteiger charge is -2.11. The topological polar surface area (TPSA) is 51.0 Å². The molecule has 0 spiro atoms. The average Bonchev–Trinajstić information content (AvgIpc) is 3.35. The van der Waals surface area contributed by atoms with Crippen LogP contribution in [0.3, 0.4) is 0 Å². The number of nitrogens with zero attached hydrogens (tertiary/aromatic N) is 1. The van der Waals surface area contributed by atoms with E-state index in [1.54, 1.807) is 25.1 Å². The molecule has 0 radical (unpaired) electrons. The average molecular weight is 438 g/mol. The van der Waals surface area contributed by atoms with Gasteiger partial charge >= 0.3 is 6.36 Å². The molecule has 0 amide bonds.